The van der Waals surface area contributed by atoms with E-state index < -0.39 is 24.9 Å². The molecule has 3 unspecified atom stereocenters. The van der Waals surface area contributed by atoms with Crippen molar-refractivity contribution in [2.45, 2.75) is 51.7 Å². The summed E-state index contributed by atoms with van der Waals surface area (Å²) in [6.07, 6.45) is -11.8. The Balaban J connectivity index is 2.24. The number of nitrogens with zero attached hydrogens (tertiary/aromatic N) is 2. The van der Waals surface area contributed by atoms with Crippen LogP contribution in [0.2, 0.25) is 0 Å². The summed E-state index contributed by atoms with van der Waals surface area (Å²) in [5, 5.41) is 0. The average Bonchev–Trinajstić information content (AvgIpc) is 2.79. The molecule has 0 aromatic heterocycles. The number of alkyl halides is 6. The molecule has 1 rings (SSSR count). The van der Waals surface area contributed by atoms with Crippen LogP contribution in [0.3, 0.4) is 0 Å². The molecular formula is C16H26F6N2O5. The van der Waals surface area contributed by atoms with Crippen LogP contribution in [0, 0.1) is 0 Å². The van der Waals surface area contributed by atoms with Crippen LogP contribution >= 0.6 is 0 Å². The largest absolute Gasteiger partial charge is 0.522 e. The van der Waals surface area contributed by atoms with Crippen LogP contribution in [-0.2, 0) is 18.9 Å². The van der Waals surface area contributed by atoms with Crippen LogP contribution in [0.5, 0.6) is 0 Å². The lowest BCUT2D eigenvalue weighted by Crippen LogP contribution is -2.38. The van der Waals surface area contributed by atoms with Crippen molar-refractivity contribution < 1.29 is 50.1 Å². The Morgan fingerprint density at radius 2 is 1.38 bits per heavy atom. The minimum absolute atomic E-state index is 0.0400. The van der Waals surface area contributed by atoms with Gasteiger partial charge in [-0.05, 0) is 20.8 Å². The molecule has 29 heavy (non-hydrogen) atoms. The van der Waals surface area contributed by atoms with Crippen molar-refractivity contribution >= 4 is 6.03 Å². The molecular weight excluding hydrogens is 414 g/mol. The number of carbonyl (C=O) groups excluding carboxylic acids is 1. The highest BCUT2D eigenvalue weighted by Gasteiger charge is 2.35. The number of amides is 2. The van der Waals surface area contributed by atoms with Crippen molar-refractivity contribution in [2.75, 3.05) is 46.1 Å². The standard InChI is InChI=1S/C16H26F6N2O5/c1-11-8-23(4-6-26-9-12(2)28-15(17,18)19)14(25)24(11)5-7-27-10-13(3)29-16(20,21)22/h11-13H,4-10H2,1-3H3. The molecule has 0 aromatic rings. The SMILES string of the molecule is CC(COCCN1CC(C)N(CCOCC(C)OC(F)(F)F)C1=O)OC(F)(F)F. The highest BCUT2D eigenvalue weighted by molar-refractivity contribution is 5.77. The third-order valence-electron chi connectivity index (χ3n) is 3.89. The first kappa shape index (κ1) is 25.7. The van der Waals surface area contributed by atoms with Crippen molar-refractivity contribution in [3.05, 3.63) is 0 Å². The van der Waals surface area contributed by atoms with E-state index >= 15 is 0 Å². The summed E-state index contributed by atoms with van der Waals surface area (Å²) in [5.74, 6) is 0. The molecule has 1 saturated heterocycles. The molecule has 0 aromatic carbocycles. The molecule has 0 N–H and O–H groups in total. The summed E-state index contributed by atoms with van der Waals surface area (Å²) in [7, 11) is 0. The van der Waals surface area contributed by atoms with Gasteiger partial charge in [-0.3, -0.25) is 9.47 Å². The first-order chi connectivity index (χ1) is 13.3. The predicted molar refractivity (Wildman–Crippen MR) is 88.0 cm³/mol. The van der Waals surface area contributed by atoms with Gasteiger partial charge in [-0.2, -0.15) is 0 Å². The van der Waals surface area contributed by atoms with Gasteiger partial charge in [0, 0.05) is 25.7 Å². The summed E-state index contributed by atoms with van der Waals surface area (Å²) < 4.78 is 90.0. The van der Waals surface area contributed by atoms with E-state index in [0.717, 1.165) is 0 Å². The van der Waals surface area contributed by atoms with E-state index in [4.69, 9.17) is 9.47 Å². The van der Waals surface area contributed by atoms with Crippen LogP contribution < -0.4 is 0 Å². The molecule has 0 bridgehead atoms. The normalized spacial score (nSPS) is 20.4. The Bertz CT molecular complexity index is 505. The number of hydrogen-bond donors (Lipinski definition) is 0. The van der Waals surface area contributed by atoms with Crippen LogP contribution in [0.1, 0.15) is 20.8 Å². The van der Waals surface area contributed by atoms with Gasteiger partial charge in [-0.15, -0.1) is 26.3 Å². The van der Waals surface area contributed by atoms with Crippen molar-refractivity contribution in [3.8, 4) is 0 Å². The Hall–Kier alpha value is -1.31. The molecule has 1 aliphatic heterocycles. The van der Waals surface area contributed by atoms with Crippen molar-refractivity contribution in [3.63, 3.8) is 0 Å². The Morgan fingerprint density at radius 1 is 0.931 bits per heavy atom. The molecule has 0 saturated carbocycles. The van der Waals surface area contributed by atoms with E-state index in [1.54, 1.807) is 6.92 Å². The number of ether oxygens (including phenoxy) is 4. The zero-order valence-corrected chi connectivity index (χ0v) is 16.4. The number of carbonyl (C=O) groups is 1. The summed E-state index contributed by atoms with van der Waals surface area (Å²) in [5.41, 5.74) is 0. The van der Waals surface area contributed by atoms with E-state index in [2.05, 4.69) is 9.47 Å². The molecule has 3 atom stereocenters. The summed E-state index contributed by atoms with van der Waals surface area (Å²) >= 11 is 0. The fourth-order valence-corrected chi connectivity index (χ4v) is 2.73. The number of hydrogen-bond acceptors (Lipinski definition) is 5. The van der Waals surface area contributed by atoms with Gasteiger partial charge in [0.05, 0.1) is 38.6 Å². The van der Waals surface area contributed by atoms with Gasteiger partial charge in [0.15, 0.2) is 0 Å². The average molecular weight is 440 g/mol. The Morgan fingerprint density at radius 3 is 1.83 bits per heavy atom. The molecule has 172 valence electrons. The van der Waals surface area contributed by atoms with Crippen LogP contribution in [0.25, 0.3) is 0 Å². The molecule has 1 aliphatic rings. The molecule has 0 spiro atoms. The fourth-order valence-electron chi connectivity index (χ4n) is 2.73. The quantitative estimate of drug-likeness (QED) is 0.345. The molecule has 0 aliphatic carbocycles. The van der Waals surface area contributed by atoms with Gasteiger partial charge >= 0.3 is 18.8 Å². The zero-order valence-electron chi connectivity index (χ0n) is 16.4. The first-order valence-electron chi connectivity index (χ1n) is 8.98. The van der Waals surface area contributed by atoms with E-state index in [-0.39, 0.29) is 51.6 Å². The first-order valence-corrected chi connectivity index (χ1v) is 8.98. The van der Waals surface area contributed by atoms with Gasteiger partial charge < -0.3 is 19.3 Å². The van der Waals surface area contributed by atoms with E-state index in [1.807, 2.05) is 0 Å². The van der Waals surface area contributed by atoms with Crippen molar-refractivity contribution in [1.82, 2.24) is 9.80 Å². The second-order valence-electron chi connectivity index (χ2n) is 6.67. The van der Waals surface area contributed by atoms with Crippen molar-refractivity contribution in [1.29, 1.82) is 0 Å². The third kappa shape index (κ3) is 10.9. The second kappa shape index (κ2) is 11.2. The smallest absolute Gasteiger partial charge is 0.377 e. The number of halogens is 6. The van der Waals surface area contributed by atoms with Crippen LogP contribution in [0.15, 0.2) is 0 Å². The van der Waals surface area contributed by atoms with Crippen LogP contribution in [-0.4, -0.2) is 92.9 Å². The minimum Gasteiger partial charge on any atom is -0.377 e. The third-order valence-corrected chi connectivity index (χ3v) is 3.89. The van der Waals surface area contributed by atoms with Gasteiger partial charge in [0.25, 0.3) is 0 Å². The summed E-state index contributed by atoms with van der Waals surface area (Å²) in [6, 6.07) is -0.452. The monoisotopic (exact) mass is 440 g/mol. The van der Waals surface area contributed by atoms with Gasteiger partial charge in [-0.25, -0.2) is 4.79 Å². The number of rotatable bonds is 12. The van der Waals surface area contributed by atoms with Gasteiger partial charge in [0.1, 0.15) is 0 Å². The topological polar surface area (TPSA) is 60.5 Å². The molecule has 0 radical (unpaired) electrons. The summed E-state index contributed by atoms with van der Waals surface area (Å²) in [4.78, 5) is 15.3. The maximum atomic E-state index is 12.3. The number of urea groups is 1. The van der Waals surface area contributed by atoms with Crippen molar-refractivity contribution in [2.24, 2.45) is 0 Å². The second-order valence-corrected chi connectivity index (χ2v) is 6.67. The maximum Gasteiger partial charge on any atom is 0.522 e. The Kier molecular flexibility index (Phi) is 9.92. The zero-order chi connectivity index (χ0) is 22.2. The Labute approximate surface area is 164 Å². The lowest BCUT2D eigenvalue weighted by atomic mass is 10.3. The van der Waals surface area contributed by atoms with Gasteiger partial charge in [-0.1, -0.05) is 0 Å². The lowest BCUT2D eigenvalue weighted by Gasteiger charge is -2.21. The maximum absolute atomic E-state index is 12.3. The molecule has 2 amide bonds. The van der Waals surface area contributed by atoms with Gasteiger partial charge in [0.2, 0.25) is 0 Å². The fraction of sp³-hybridized carbons (Fsp3) is 0.938. The predicted octanol–water partition coefficient (Wildman–Crippen LogP) is 3.00. The molecule has 7 nitrogen and oxygen atoms in total. The highest BCUT2D eigenvalue weighted by Crippen LogP contribution is 2.20. The molecule has 1 heterocycles. The molecule has 1 fully saturated rings. The van der Waals surface area contributed by atoms with E-state index in [9.17, 15) is 31.1 Å². The highest BCUT2D eigenvalue weighted by atomic mass is 19.4. The van der Waals surface area contributed by atoms with Crippen LogP contribution in [0.4, 0.5) is 31.1 Å². The minimum atomic E-state index is -4.73. The molecule has 13 heteroatoms. The van der Waals surface area contributed by atoms with E-state index in [0.29, 0.717) is 6.54 Å². The lowest BCUT2D eigenvalue weighted by molar-refractivity contribution is -0.344. The summed E-state index contributed by atoms with van der Waals surface area (Å²) in [6.45, 7) is 4.55. The van der Waals surface area contributed by atoms with E-state index in [1.165, 1.54) is 23.6 Å².